The molecule has 1 aromatic heterocycles. The van der Waals surface area contributed by atoms with Crippen LogP contribution in [0.5, 0.6) is 0 Å². The molecular weight excluding hydrogens is 341 g/mol. The van der Waals surface area contributed by atoms with Crippen molar-refractivity contribution in [3.63, 3.8) is 0 Å². The van der Waals surface area contributed by atoms with Crippen molar-refractivity contribution in [3.8, 4) is 0 Å². The van der Waals surface area contributed by atoms with E-state index in [-0.39, 0.29) is 0 Å². The number of rotatable bonds is 4. The second kappa shape index (κ2) is 6.10. The molecule has 0 saturated heterocycles. The van der Waals surface area contributed by atoms with Crippen LogP contribution in [0.1, 0.15) is 4.88 Å². The van der Waals surface area contributed by atoms with Crippen molar-refractivity contribution in [2.24, 2.45) is 0 Å². The summed E-state index contributed by atoms with van der Waals surface area (Å²) in [6.45, 7) is 0.821. The van der Waals surface area contributed by atoms with E-state index in [4.69, 9.17) is 23.2 Å². The van der Waals surface area contributed by atoms with E-state index in [1.165, 1.54) is 4.88 Å². The van der Waals surface area contributed by atoms with Crippen LogP contribution in [0.3, 0.4) is 0 Å². The molecule has 0 saturated carbocycles. The summed E-state index contributed by atoms with van der Waals surface area (Å²) in [7, 11) is 0. The van der Waals surface area contributed by atoms with Crippen molar-refractivity contribution in [1.29, 1.82) is 0 Å². The predicted octanol–water partition coefficient (Wildman–Crippen LogP) is 5.47. The van der Waals surface area contributed by atoms with Crippen LogP contribution in [0, 0.1) is 0 Å². The highest BCUT2D eigenvalue weighted by Crippen LogP contribution is 2.33. The maximum absolute atomic E-state index is 6.12. The van der Waals surface area contributed by atoms with Crippen molar-refractivity contribution in [2.45, 2.75) is 6.42 Å². The van der Waals surface area contributed by atoms with Crippen molar-refractivity contribution < 1.29 is 0 Å². The second-order valence-corrected chi connectivity index (χ2v) is 6.26. The molecule has 0 spiro atoms. The van der Waals surface area contributed by atoms with Crippen LogP contribution < -0.4 is 5.32 Å². The van der Waals surface area contributed by atoms with Crippen LogP contribution in [0.15, 0.2) is 34.1 Å². The van der Waals surface area contributed by atoms with Gasteiger partial charge in [0, 0.05) is 15.9 Å². The standard InChI is InChI=1S/C12H10BrCl2NS/c13-8-6-10(14)12(11(15)7-8)16-4-3-9-2-1-5-17-9/h1-2,5-7,16H,3-4H2. The van der Waals surface area contributed by atoms with E-state index in [2.05, 4.69) is 38.8 Å². The molecule has 1 N–H and O–H groups in total. The quantitative estimate of drug-likeness (QED) is 0.770. The fraction of sp³-hybridized carbons (Fsp3) is 0.167. The van der Waals surface area contributed by atoms with Crippen molar-refractivity contribution >= 4 is 56.2 Å². The molecule has 0 bridgehead atoms. The van der Waals surface area contributed by atoms with Gasteiger partial charge in [0.05, 0.1) is 15.7 Å². The van der Waals surface area contributed by atoms with Gasteiger partial charge in [0.25, 0.3) is 0 Å². The van der Waals surface area contributed by atoms with Crippen LogP contribution in [0.2, 0.25) is 10.0 Å². The van der Waals surface area contributed by atoms with Gasteiger partial charge in [-0.2, -0.15) is 0 Å². The summed E-state index contributed by atoms with van der Waals surface area (Å²) in [4.78, 5) is 1.35. The van der Waals surface area contributed by atoms with Gasteiger partial charge in [0.15, 0.2) is 0 Å². The highest BCUT2D eigenvalue weighted by molar-refractivity contribution is 9.10. The first-order valence-corrected chi connectivity index (χ1v) is 7.50. The Kier molecular flexibility index (Phi) is 4.74. The van der Waals surface area contributed by atoms with Crippen molar-refractivity contribution in [3.05, 3.63) is 49.0 Å². The van der Waals surface area contributed by atoms with Gasteiger partial charge in [-0.1, -0.05) is 45.2 Å². The largest absolute Gasteiger partial charge is 0.382 e. The van der Waals surface area contributed by atoms with Crippen molar-refractivity contribution in [2.75, 3.05) is 11.9 Å². The molecular formula is C12H10BrCl2NS. The number of hydrogen-bond acceptors (Lipinski definition) is 2. The van der Waals surface area contributed by atoms with Gasteiger partial charge >= 0.3 is 0 Å². The molecule has 0 aliphatic heterocycles. The normalized spacial score (nSPS) is 10.5. The lowest BCUT2D eigenvalue weighted by Crippen LogP contribution is -2.04. The maximum atomic E-state index is 6.12. The number of hydrogen-bond donors (Lipinski definition) is 1. The number of benzene rings is 1. The van der Waals surface area contributed by atoms with Crippen molar-refractivity contribution in [1.82, 2.24) is 0 Å². The first-order chi connectivity index (χ1) is 8.16. The molecule has 1 heterocycles. The van der Waals surface area contributed by atoms with E-state index in [1.54, 1.807) is 11.3 Å². The number of nitrogens with one attached hydrogen (secondary N) is 1. The zero-order chi connectivity index (χ0) is 12.3. The maximum Gasteiger partial charge on any atom is 0.0719 e. The van der Waals surface area contributed by atoms with E-state index in [0.29, 0.717) is 10.0 Å². The van der Waals surface area contributed by atoms with Crippen LogP contribution in [-0.4, -0.2) is 6.54 Å². The summed E-state index contributed by atoms with van der Waals surface area (Å²) in [6, 6.07) is 7.85. The van der Waals surface area contributed by atoms with Crippen LogP contribution in [0.4, 0.5) is 5.69 Å². The third-order valence-corrected chi connectivity index (χ3v) is 4.25. The molecule has 2 aromatic rings. The topological polar surface area (TPSA) is 12.0 Å². The first-order valence-electron chi connectivity index (χ1n) is 5.07. The van der Waals surface area contributed by atoms with E-state index in [0.717, 1.165) is 23.1 Å². The Morgan fingerprint density at radius 3 is 2.53 bits per heavy atom. The Morgan fingerprint density at radius 1 is 1.24 bits per heavy atom. The minimum absolute atomic E-state index is 0.635. The second-order valence-electron chi connectivity index (χ2n) is 3.50. The molecule has 0 fully saturated rings. The Balaban J connectivity index is 1.99. The van der Waals surface area contributed by atoms with Gasteiger partial charge in [-0.25, -0.2) is 0 Å². The van der Waals surface area contributed by atoms with Gasteiger partial charge in [-0.05, 0) is 30.0 Å². The summed E-state index contributed by atoms with van der Waals surface area (Å²) in [5, 5.41) is 6.62. The fourth-order valence-corrected chi connectivity index (χ4v) is 3.53. The molecule has 0 radical (unpaired) electrons. The summed E-state index contributed by atoms with van der Waals surface area (Å²) < 4.78 is 0.885. The Hall–Kier alpha value is -0.220. The molecule has 90 valence electrons. The molecule has 1 aromatic carbocycles. The number of halogens is 3. The third kappa shape index (κ3) is 3.62. The van der Waals surface area contributed by atoms with Crippen LogP contribution >= 0.6 is 50.5 Å². The molecule has 0 aliphatic rings. The van der Waals surface area contributed by atoms with Crippen LogP contribution in [-0.2, 0) is 6.42 Å². The van der Waals surface area contributed by atoms with Crippen LogP contribution in [0.25, 0.3) is 0 Å². The summed E-state index contributed by atoms with van der Waals surface area (Å²) in [6.07, 6.45) is 0.973. The molecule has 0 amide bonds. The number of anilines is 1. The first kappa shape index (κ1) is 13.2. The minimum atomic E-state index is 0.635. The number of thiophene rings is 1. The monoisotopic (exact) mass is 349 g/mol. The Morgan fingerprint density at radius 2 is 1.94 bits per heavy atom. The predicted molar refractivity (Wildman–Crippen MR) is 80.7 cm³/mol. The molecule has 5 heteroatoms. The third-order valence-electron chi connectivity index (χ3n) is 2.26. The van der Waals surface area contributed by atoms with Gasteiger partial charge < -0.3 is 5.32 Å². The zero-order valence-corrected chi connectivity index (χ0v) is 12.8. The van der Waals surface area contributed by atoms with E-state index < -0.39 is 0 Å². The summed E-state index contributed by atoms with van der Waals surface area (Å²) in [5.41, 5.74) is 0.799. The Labute approximate surface area is 123 Å². The average molecular weight is 351 g/mol. The smallest absolute Gasteiger partial charge is 0.0719 e. The molecule has 0 unspecified atom stereocenters. The van der Waals surface area contributed by atoms with Gasteiger partial charge in [-0.3, -0.25) is 0 Å². The highest BCUT2D eigenvalue weighted by atomic mass is 79.9. The van der Waals surface area contributed by atoms with Gasteiger partial charge in [0.1, 0.15) is 0 Å². The molecule has 2 rings (SSSR count). The highest BCUT2D eigenvalue weighted by Gasteiger charge is 2.06. The molecule has 0 atom stereocenters. The molecule has 17 heavy (non-hydrogen) atoms. The van der Waals surface area contributed by atoms with E-state index in [9.17, 15) is 0 Å². The summed E-state index contributed by atoms with van der Waals surface area (Å²) in [5.74, 6) is 0. The average Bonchev–Trinajstić information content (AvgIpc) is 2.74. The molecule has 0 aliphatic carbocycles. The lowest BCUT2D eigenvalue weighted by Gasteiger charge is -2.10. The zero-order valence-electron chi connectivity index (χ0n) is 8.84. The summed E-state index contributed by atoms with van der Waals surface area (Å²) >= 11 is 17.3. The lowest BCUT2D eigenvalue weighted by atomic mass is 10.3. The minimum Gasteiger partial charge on any atom is -0.382 e. The SMILES string of the molecule is Clc1cc(Br)cc(Cl)c1NCCc1cccs1. The molecule has 1 nitrogen and oxygen atoms in total. The van der Waals surface area contributed by atoms with E-state index >= 15 is 0 Å². The fourth-order valence-electron chi connectivity index (χ4n) is 1.48. The Bertz CT molecular complexity index is 476. The van der Waals surface area contributed by atoms with Gasteiger partial charge in [-0.15, -0.1) is 11.3 Å². The lowest BCUT2D eigenvalue weighted by molar-refractivity contribution is 1.04. The van der Waals surface area contributed by atoms with E-state index in [1.807, 2.05) is 12.1 Å². The van der Waals surface area contributed by atoms with Gasteiger partial charge in [0.2, 0.25) is 0 Å².